The van der Waals surface area contributed by atoms with Crippen LogP contribution in [-0.2, 0) is 0 Å². The lowest BCUT2D eigenvalue weighted by atomic mass is 10.2. The molecule has 7 heteroatoms. The maximum atomic E-state index is 11.0. The highest BCUT2D eigenvalue weighted by molar-refractivity contribution is 6.33. The summed E-state index contributed by atoms with van der Waals surface area (Å²) in [5, 5.41) is 12.1. The summed E-state index contributed by atoms with van der Waals surface area (Å²) in [6, 6.07) is 6.66. The summed E-state index contributed by atoms with van der Waals surface area (Å²) in [6.45, 7) is 0.196. The van der Waals surface area contributed by atoms with Gasteiger partial charge in [-0.2, -0.15) is 0 Å². The number of carboxylic acid groups (broad SMARTS) is 1. The van der Waals surface area contributed by atoms with Crippen LogP contribution in [0.15, 0.2) is 30.5 Å². The Labute approximate surface area is 118 Å². The van der Waals surface area contributed by atoms with E-state index in [0.29, 0.717) is 23.0 Å². The van der Waals surface area contributed by atoms with Gasteiger partial charge in [0, 0.05) is 18.0 Å². The highest BCUT2D eigenvalue weighted by Gasteiger charge is 2.14. The Kier molecular flexibility index (Phi) is 3.08. The van der Waals surface area contributed by atoms with E-state index in [4.69, 9.17) is 26.2 Å². The third-order valence-electron chi connectivity index (χ3n) is 2.73. The molecule has 1 aromatic carbocycles. The highest BCUT2D eigenvalue weighted by Crippen LogP contribution is 2.35. The van der Waals surface area contributed by atoms with Crippen LogP contribution in [0.5, 0.6) is 11.5 Å². The van der Waals surface area contributed by atoms with Gasteiger partial charge >= 0.3 is 5.97 Å². The molecule has 0 bridgehead atoms. The largest absolute Gasteiger partial charge is 0.478 e. The molecule has 2 N–H and O–H groups in total. The lowest BCUT2D eigenvalue weighted by molar-refractivity contribution is 0.0697. The fraction of sp³-hybridized carbons (Fsp3) is 0.0769. The van der Waals surface area contributed by atoms with Gasteiger partial charge in [-0.1, -0.05) is 11.6 Å². The second kappa shape index (κ2) is 4.90. The summed E-state index contributed by atoms with van der Waals surface area (Å²) in [6.07, 6.45) is 1.29. The van der Waals surface area contributed by atoms with E-state index in [-0.39, 0.29) is 17.4 Å². The molecular formula is C13H9ClN2O4. The number of nitrogens with one attached hydrogen (secondary N) is 1. The molecular weight excluding hydrogens is 284 g/mol. The van der Waals surface area contributed by atoms with Crippen molar-refractivity contribution in [1.29, 1.82) is 0 Å². The topological polar surface area (TPSA) is 80.7 Å². The first-order valence-corrected chi connectivity index (χ1v) is 6.07. The number of benzene rings is 1. The molecule has 1 aliphatic rings. The third kappa shape index (κ3) is 2.33. The molecule has 20 heavy (non-hydrogen) atoms. The summed E-state index contributed by atoms with van der Waals surface area (Å²) >= 11 is 5.76. The first-order valence-electron chi connectivity index (χ1n) is 5.69. The van der Waals surface area contributed by atoms with Crippen molar-refractivity contribution in [3.8, 4) is 11.5 Å². The van der Waals surface area contributed by atoms with Crippen molar-refractivity contribution in [2.45, 2.75) is 0 Å². The van der Waals surface area contributed by atoms with E-state index < -0.39 is 5.97 Å². The first-order chi connectivity index (χ1) is 9.63. The predicted octanol–water partition coefficient (Wildman–Crippen LogP) is 2.91. The van der Waals surface area contributed by atoms with Gasteiger partial charge in [0.1, 0.15) is 5.82 Å². The van der Waals surface area contributed by atoms with Crippen molar-refractivity contribution in [3.05, 3.63) is 41.0 Å². The van der Waals surface area contributed by atoms with Gasteiger partial charge in [0.2, 0.25) is 6.79 Å². The van der Waals surface area contributed by atoms with Crippen LogP contribution in [0, 0.1) is 0 Å². The van der Waals surface area contributed by atoms with Gasteiger partial charge in [-0.15, -0.1) is 0 Å². The van der Waals surface area contributed by atoms with E-state index in [0.717, 1.165) is 0 Å². The molecule has 6 nitrogen and oxygen atoms in total. The zero-order valence-corrected chi connectivity index (χ0v) is 10.8. The molecule has 0 amide bonds. The molecule has 0 atom stereocenters. The van der Waals surface area contributed by atoms with Crippen LogP contribution in [0.3, 0.4) is 0 Å². The Morgan fingerprint density at radius 3 is 2.90 bits per heavy atom. The van der Waals surface area contributed by atoms with Crippen molar-refractivity contribution in [3.63, 3.8) is 0 Å². The van der Waals surface area contributed by atoms with E-state index >= 15 is 0 Å². The first kappa shape index (κ1) is 12.6. The van der Waals surface area contributed by atoms with Gasteiger partial charge in [-0.3, -0.25) is 0 Å². The van der Waals surface area contributed by atoms with Crippen molar-refractivity contribution < 1.29 is 19.4 Å². The Balaban J connectivity index is 1.88. The Hall–Kier alpha value is -2.47. The van der Waals surface area contributed by atoms with Crippen LogP contribution >= 0.6 is 11.6 Å². The molecule has 0 spiro atoms. The molecule has 0 saturated heterocycles. The summed E-state index contributed by atoms with van der Waals surface area (Å²) < 4.78 is 10.5. The number of hydrogen-bond donors (Lipinski definition) is 2. The number of carboxylic acids is 1. The number of pyridine rings is 1. The van der Waals surface area contributed by atoms with Gasteiger partial charge in [0.15, 0.2) is 11.5 Å². The standard InChI is InChI=1S/C13H9ClN2O4/c14-9-5-15-12(4-8(9)13(17)18)16-7-1-2-10-11(3-7)20-6-19-10/h1-5H,6H2,(H,15,16)(H,17,18). The number of rotatable bonds is 3. The molecule has 102 valence electrons. The second-order valence-electron chi connectivity index (χ2n) is 4.05. The molecule has 0 saturated carbocycles. The average Bonchev–Trinajstić information content (AvgIpc) is 2.88. The molecule has 1 aliphatic heterocycles. The van der Waals surface area contributed by atoms with Crippen molar-refractivity contribution in [2.75, 3.05) is 12.1 Å². The number of anilines is 2. The summed E-state index contributed by atoms with van der Waals surface area (Å²) in [5.41, 5.74) is 0.699. The van der Waals surface area contributed by atoms with E-state index in [1.54, 1.807) is 18.2 Å². The summed E-state index contributed by atoms with van der Waals surface area (Å²) in [4.78, 5) is 15.0. The maximum Gasteiger partial charge on any atom is 0.337 e. The number of nitrogens with zero attached hydrogens (tertiary/aromatic N) is 1. The molecule has 0 unspecified atom stereocenters. The SMILES string of the molecule is O=C(O)c1cc(Nc2ccc3c(c2)OCO3)ncc1Cl. The number of carbonyl (C=O) groups is 1. The minimum absolute atomic E-state index is 0.00934. The lowest BCUT2D eigenvalue weighted by Gasteiger charge is -2.07. The van der Waals surface area contributed by atoms with E-state index in [1.165, 1.54) is 12.3 Å². The van der Waals surface area contributed by atoms with Crippen molar-refractivity contribution >= 4 is 29.1 Å². The van der Waals surface area contributed by atoms with Crippen LogP contribution in [0.1, 0.15) is 10.4 Å². The van der Waals surface area contributed by atoms with Crippen molar-refractivity contribution in [1.82, 2.24) is 4.98 Å². The zero-order valence-electron chi connectivity index (χ0n) is 10.1. The Morgan fingerprint density at radius 2 is 2.10 bits per heavy atom. The highest BCUT2D eigenvalue weighted by atomic mass is 35.5. The van der Waals surface area contributed by atoms with Gasteiger partial charge in [0.05, 0.1) is 10.6 Å². The number of ether oxygens (including phenoxy) is 2. The fourth-order valence-electron chi connectivity index (χ4n) is 1.79. The average molecular weight is 293 g/mol. The van der Waals surface area contributed by atoms with Crippen molar-refractivity contribution in [2.24, 2.45) is 0 Å². The maximum absolute atomic E-state index is 11.0. The number of aromatic carboxylic acids is 1. The molecule has 2 aromatic rings. The number of halogens is 1. The number of aromatic nitrogens is 1. The molecule has 2 heterocycles. The monoisotopic (exact) mass is 292 g/mol. The Morgan fingerprint density at radius 1 is 1.30 bits per heavy atom. The molecule has 0 fully saturated rings. The lowest BCUT2D eigenvalue weighted by Crippen LogP contribution is -2.01. The van der Waals surface area contributed by atoms with E-state index in [2.05, 4.69) is 10.3 Å². The van der Waals surface area contributed by atoms with E-state index in [9.17, 15) is 4.79 Å². The van der Waals surface area contributed by atoms with Gasteiger partial charge in [0.25, 0.3) is 0 Å². The Bertz CT molecular complexity index is 690. The molecule has 0 radical (unpaired) electrons. The van der Waals surface area contributed by atoms with Crippen LogP contribution in [0.2, 0.25) is 5.02 Å². The second-order valence-corrected chi connectivity index (χ2v) is 4.45. The fourth-order valence-corrected chi connectivity index (χ4v) is 1.98. The van der Waals surface area contributed by atoms with E-state index in [1.807, 2.05) is 0 Å². The smallest absolute Gasteiger partial charge is 0.337 e. The summed E-state index contributed by atoms with van der Waals surface area (Å²) in [5.74, 6) is 0.574. The molecule has 1 aromatic heterocycles. The zero-order chi connectivity index (χ0) is 14.1. The van der Waals surface area contributed by atoms with Crippen LogP contribution < -0.4 is 14.8 Å². The van der Waals surface area contributed by atoms with Gasteiger partial charge in [-0.05, 0) is 18.2 Å². The van der Waals surface area contributed by atoms with Gasteiger partial charge in [-0.25, -0.2) is 9.78 Å². The minimum atomic E-state index is -1.11. The number of fused-ring (bicyclic) bond motifs is 1. The predicted molar refractivity (Wildman–Crippen MR) is 72.1 cm³/mol. The number of hydrogen-bond acceptors (Lipinski definition) is 5. The molecule has 0 aliphatic carbocycles. The summed E-state index contributed by atoms with van der Waals surface area (Å²) in [7, 11) is 0. The quantitative estimate of drug-likeness (QED) is 0.905. The minimum Gasteiger partial charge on any atom is -0.478 e. The van der Waals surface area contributed by atoms with Gasteiger partial charge < -0.3 is 19.9 Å². The molecule has 3 rings (SSSR count). The van der Waals surface area contributed by atoms with Crippen LogP contribution in [0.4, 0.5) is 11.5 Å². The normalized spacial score (nSPS) is 12.2. The van der Waals surface area contributed by atoms with Crippen LogP contribution in [-0.4, -0.2) is 22.9 Å². The van der Waals surface area contributed by atoms with Crippen LogP contribution in [0.25, 0.3) is 0 Å². The third-order valence-corrected chi connectivity index (χ3v) is 3.03.